The van der Waals surface area contributed by atoms with E-state index in [4.69, 9.17) is 4.74 Å². The number of carbonyl (C=O) groups is 1. The Labute approximate surface area is 91.2 Å². The number of ether oxygens (including phenoxy) is 1. The normalized spacial score (nSPS) is 23.3. The zero-order valence-electron chi connectivity index (χ0n) is 9.82. The van der Waals surface area contributed by atoms with Crippen LogP contribution in [-0.2, 0) is 4.74 Å². The fourth-order valence-corrected chi connectivity index (χ4v) is 1.87. The first-order valence-electron chi connectivity index (χ1n) is 5.68. The van der Waals surface area contributed by atoms with Crippen LogP contribution in [0.1, 0.15) is 27.2 Å². The summed E-state index contributed by atoms with van der Waals surface area (Å²) in [5, 5.41) is 0. The highest BCUT2D eigenvalue weighted by atomic mass is 16.6. The van der Waals surface area contributed by atoms with Crippen molar-refractivity contribution in [1.29, 1.82) is 0 Å². The van der Waals surface area contributed by atoms with Crippen molar-refractivity contribution < 1.29 is 9.53 Å². The highest BCUT2D eigenvalue weighted by Gasteiger charge is 2.38. The topological polar surface area (TPSA) is 32.8 Å². The van der Waals surface area contributed by atoms with E-state index in [1.807, 2.05) is 20.8 Å². The molecule has 0 bridgehead atoms. The maximum atomic E-state index is 11.6. The van der Waals surface area contributed by atoms with Crippen LogP contribution < -0.4 is 0 Å². The minimum atomic E-state index is -0.376. The molecule has 4 nitrogen and oxygen atoms in total. The lowest BCUT2D eigenvalue weighted by molar-refractivity contribution is -0.0283. The number of hydrogen-bond acceptors (Lipinski definition) is 3. The molecule has 2 saturated heterocycles. The molecule has 0 aromatic carbocycles. The van der Waals surface area contributed by atoms with Gasteiger partial charge >= 0.3 is 6.09 Å². The van der Waals surface area contributed by atoms with Crippen molar-refractivity contribution in [2.75, 3.05) is 26.2 Å². The largest absolute Gasteiger partial charge is 0.444 e. The molecule has 0 saturated carbocycles. The van der Waals surface area contributed by atoms with Gasteiger partial charge in [0.15, 0.2) is 0 Å². The van der Waals surface area contributed by atoms with Crippen molar-refractivity contribution in [1.82, 2.24) is 9.80 Å². The third kappa shape index (κ3) is 2.43. The summed E-state index contributed by atoms with van der Waals surface area (Å²) in [6.45, 7) is 9.79. The van der Waals surface area contributed by atoms with Crippen molar-refractivity contribution in [2.45, 2.75) is 38.8 Å². The average Bonchev–Trinajstić information content (AvgIpc) is 1.86. The van der Waals surface area contributed by atoms with E-state index in [0.29, 0.717) is 6.04 Å². The molecule has 2 aliphatic heterocycles. The second kappa shape index (κ2) is 3.67. The van der Waals surface area contributed by atoms with Gasteiger partial charge in [-0.05, 0) is 40.3 Å². The summed E-state index contributed by atoms with van der Waals surface area (Å²) in [4.78, 5) is 15.8. The highest BCUT2D eigenvalue weighted by Crippen LogP contribution is 2.22. The molecule has 15 heavy (non-hydrogen) atoms. The van der Waals surface area contributed by atoms with Gasteiger partial charge in [-0.2, -0.15) is 0 Å². The number of hydrogen-bond donors (Lipinski definition) is 0. The molecule has 0 aromatic rings. The Morgan fingerprint density at radius 3 is 2.27 bits per heavy atom. The van der Waals surface area contributed by atoms with E-state index in [1.54, 1.807) is 4.90 Å². The van der Waals surface area contributed by atoms with Crippen LogP contribution in [0.4, 0.5) is 4.79 Å². The molecular formula is C11H20N2O2. The Hall–Kier alpha value is -0.770. The van der Waals surface area contributed by atoms with E-state index in [-0.39, 0.29) is 11.7 Å². The van der Waals surface area contributed by atoms with Crippen LogP contribution in [0.2, 0.25) is 0 Å². The summed E-state index contributed by atoms with van der Waals surface area (Å²) in [6, 6.07) is 0.589. The molecule has 2 rings (SSSR count). The third-order valence-corrected chi connectivity index (χ3v) is 2.92. The van der Waals surface area contributed by atoms with Crippen LogP contribution in [0.5, 0.6) is 0 Å². The van der Waals surface area contributed by atoms with Crippen LogP contribution >= 0.6 is 0 Å². The predicted octanol–water partition coefficient (Wildman–Crippen LogP) is 1.31. The van der Waals surface area contributed by atoms with Crippen molar-refractivity contribution in [3.8, 4) is 0 Å². The molecule has 2 heterocycles. The van der Waals surface area contributed by atoms with Crippen molar-refractivity contribution in [2.24, 2.45) is 0 Å². The standard InChI is InChI=1S/C11H20N2O2/c1-11(2,3)15-10(14)13-7-9(8-13)12-5-4-6-12/h9H,4-8H2,1-3H3. The van der Waals surface area contributed by atoms with Crippen LogP contribution in [0, 0.1) is 0 Å². The summed E-state index contributed by atoms with van der Waals surface area (Å²) in [6.07, 6.45) is 1.14. The number of carbonyl (C=O) groups excluding carboxylic acids is 1. The number of nitrogens with zero attached hydrogens (tertiary/aromatic N) is 2. The van der Waals surface area contributed by atoms with E-state index in [2.05, 4.69) is 4.90 Å². The highest BCUT2D eigenvalue weighted by molar-refractivity contribution is 5.69. The molecule has 4 heteroatoms. The summed E-state index contributed by atoms with van der Waals surface area (Å²) >= 11 is 0. The molecular weight excluding hydrogens is 192 g/mol. The van der Waals surface area contributed by atoms with Gasteiger partial charge in [0.05, 0.1) is 0 Å². The minimum absolute atomic E-state index is 0.167. The lowest BCUT2D eigenvalue weighted by atomic mass is 10.0. The molecule has 0 N–H and O–H groups in total. The molecule has 0 atom stereocenters. The van der Waals surface area contributed by atoms with Gasteiger partial charge in [0, 0.05) is 19.1 Å². The Balaban J connectivity index is 1.71. The van der Waals surface area contributed by atoms with Crippen molar-refractivity contribution in [3.05, 3.63) is 0 Å². The molecule has 0 aliphatic carbocycles. The van der Waals surface area contributed by atoms with E-state index < -0.39 is 0 Å². The predicted molar refractivity (Wildman–Crippen MR) is 57.8 cm³/mol. The Morgan fingerprint density at radius 2 is 1.87 bits per heavy atom. The number of likely N-dealkylation sites (tertiary alicyclic amines) is 2. The van der Waals surface area contributed by atoms with E-state index in [0.717, 1.165) is 13.1 Å². The zero-order chi connectivity index (χ0) is 11.1. The smallest absolute Gasteiger partial charge is 0.410 e. The van der Waals surface area contributed by atoms with E-state index in [1.165, 1.54) is 19.5 Å². The molecule has 0 unspecified atom stereocenters. The summed E-state index contributed by atoms with van der Waals surface area (Å²) in [5.74, 6) is 0. The second-order valence-corrected chi connectivity index (χ2v) is 5.43. The Kier molecular flexibility index (Phi) is 2.63. The first kappa shape index (κ1) is 10.7. The molecule has 0 aromatic heterocycles. The average molecular weight is 212 g/mol. The molecule has 0 radical (unpaired) electrons. The quantitative estimate of drug-likeness (QED) is 0.657. The molecule has 2 aliphatic rings. The van der Waals surface area contributed by atoms with Gasteiger partial charge in [0.25, 0.3) is 0 Å². The van der Waals surface area contributed by atoms with Crippen molar-refractivity contribution in [3.63, 3.8) is 0 Å². The van der Waals surface area contributed by atoms with Crippen LogP contribution in [0.25, 0.3) is 0 Å². The first-order chi connectivity index (χ1) is 6.96. The van der Waals surface area contributed by atoms with Gasteiger partial charge in [-0.1, -0.05) is 0 Å². The monoisotopic (exact) mass is 212 g/mol. The van der Waals surface area contributed by atoms with Gasteiger partial charge in [-0.15, -0.1) is 0 Å². The molecule has 1 amide bonds. The first-order valence-corrected chi connectivity index (χ1v) is 5.68. The summed E-state index contributed by atoms with van der Waals surface area (Å²) in [7, 11) is 0. The van der Waals surface area contributed by atoms with E-state index in [9.17, 15) is 4.79 Å². The van der Waals surface area contributed by atoms with Crippen LogP contribution in [0.15, 0.2) is 0 Å². The number of amides is 1. The fraction of sp³-hybridized carbons (Fsp3) is 0.909. The fourth-order valence-electron chi connectivity index (χ4n) is 1.87. The van der Waals surface area contributed by atoms with Gasteiger partial charge in [-0.25, -0.2) is 4.79 Å². The van der Waals surface area contributed by atoms with Crippen molar-refractivity contribution >= 4 is 6.09 Å². The second-order valence-electron chi connectivity index (χ2n) is 5.43. The zero-order valence-corrected chi connectivity index (χ0v) is 9.82. The molecule has 2 fully saturated rings. The molecule has 86 valence electrons. The summed E-state index contributed by atoms with van der Waals surface area (Å²) < 4.78 is 5.29. The maximum Gasteiger partial charge on any atom is 0.410 e. The Bertz CT molecular complexity index is 250. The van der Waals surface area contributed by atoms with Crippen LogP contribution in [0.3, 0.4) is 0 Å². The van der Waals surface area contributed by atoms with E-state index >= 15 is 0 Å². The van der Waals surface area contributed by atoms with Gasteiger partial charge in [0.1, 0.15) is 5.60 Å². The minimum Gasteiger partial charge on any atom is -0.444 e. The lowest BCUT2D eigenvalue weighted by Crippen LogP contribution is -2.64. The maximum absolute atomic E-state index is 11.6. The number of rotatable bonds is 1. The molecule has 0 spiro atoms. The van der Waals surface area contributed by atoms with Gasteiger partial charge in [-0.3, -0.25) is 4.90 Å². The SMILES string of the molecule is CC(C)(C)OC(=O)N1CC(N2CCC2)C1. The third-order valence-electron chi connectivity index (χ3n) is 2.92. The summed E-state index contributed by atoms with van der Waals surface area (Å²) in [5.41, 5.74) is -0.376. The van der Waals surface area contributed by atoms with Gasteiger partial charge in [0.2, 0.25) is 0 Å². The van der Waals surface area contributed by atoms with Gasteiger partial charge < -0.3 is 9.64 Å². The van der Waals surface area contributed by atoms with Crippen LogP contribution in [-0.4, -0.2) is 53.7 Å². The lowest BCUT2D eigenvalue weighted by Gasteiger charge is -2.48. The Morgan fingerprint density at radius 1 is 1.27 bits per heavy atom.